The van der Waals surface area contributed by atoms with Gasteiger partial charge in [-0.15, -0.1) is 0 Å². The third kappa shape index (κ3) is 7.19. The van der Waals surface area contributed by atoms with Crippen LogP contribution in [-0.2, 0) is 20.9 Å². The number of aldehydes is 1. The third-order valence-electron chi connectivity index (χ3n) is 3.27. The zero-order valence-corrected chi connectivity index (χ0v) is 12.8. The van der Waals surface area contributed by atoms with Crippen molar-refractivity contribution in [3.8, 4) is 5.75 Å². The molecule has 0 aliphatic carbocycles. The van der Waals surface area contributed by atoms with Crippen molar-refractivity contribution in [2.45, 2.75) is 44.8 Å². The molecule has 0 fully saturated rings. The standard InChI is InChI=1S/C16H23NO5/c1-21-14-8-5-6-13(10-14)12-22-15(11-18)7-3-2-4-9-16(19)17-20/h5-6,8,10-11,15,20H,2-4,7,9,12H2,1H3,(H,17,19). The fourth-order valence-corrected chi connectivity index (χ4v) is 2.02. The molecule has 122 valence electrons. The number of amides is 1. The lowest BCUT2D eigenvalue weighted by Crippen LogP contribution is -2.18. The van der Waals surface area contributed by atoms with E-state index in [1.165, 1.54) is 0 Å². The molecule has 0 radical (unpaired) electrons. The average molecular weight is 309 g/mol. The van der Waals surface area contributed by atoms with E-state index in [0.29, 0.717) is 19.4 Å². The fourth-order valence-electron chi connectivity index (χ4n) is 2.02. The summed E-state index contributed by atoms with van der Waals surface area (Å²) in [6, 6.07) is 7.51. The molecule has 2 N–H and O–H groups in total. The first kappa shape index (κ1) is 18.1. The highest BCUT2D eigenvalue weighted by Crippen LogP contribution is 2.15. The van der Waals surface area contributed by atoms with Crippen LogP contribution in [0.3, 0.4) is 0 Å². The molecule has 1 rings (SSSR count). The van der Waals surface area contributed by atoms with Gasteiger partial charge in [-0.05, 0) is 30.5 Å². The van der Waals surface area contributed by atoms with Gasteiger partial charge in [0.05, 0.1) is 13.7 Å². The van der Waals surface area contributed by atoms with Gasteiger partial charge < -0.3 is 14.3 Å². The third-order valence-corrected chi connectivity index (χ3v) is 3.27. The summed E-state index contributed by atoms with van der Waals surface area (Å²) in [7, 11) is 1.60. The highest BCUT2D eigenvalue weighted by atomic mass is 16.5. The summed E-state index contributed by atoms with van der Waals surface area (Å²) in [6.07, 6.45) is 3.54. The van der Waals surface area contributed by atoms with Gasteiger partial charge in [0, 0.05) is 6.42 Å². The minimum absolute atomic E-state index is 0.285. The first-order chi connectivity index (χ1) is 10.7. The van der Waals surface area contributed by atoms with Crippen LogP contribution in [0.15, 0.2) is 24.3 Å². The minimum Gasteiger partial charge on any atom is -0.497 e. The number of unbranched alkanes of at least 4 members (excludes halogenated alkanes) is 2. The normalized spacial score (nSPS) is 11.7. The molecule has 0 spiro atoms. The molecule has 6 nitrogen and oxygen atoms in total. The number of carbonyl (C=O) groups excluding carboxylic acids is 2. The Morgan fingerprint density at radius 2 is 2.18 bits per heavy atom. The fraction of sp³-hybridized carbons (Fsp3) is 0.500. The molecule has 22 heavy (non-hydrogen) atoms. The van der Waals surface area contributed by atoms with Crippen molar-refractivity contribution < 1.29 is 24.3 Å². The summed E-state index contributed by atoms with van der Waals surface area (Å²) in [5, 5.41) is 8.36. The minimum atomic E-state index is -0.446. The van der Waals surface area contributed by atoms with Gasteiger partial charge in [0.15, 0.2) is 0 Å². The van der Waals surface area contributed by atoms with Crippen LogP contribution in [0.25, 0.3) is 0 Å². The van der Waals surface area contributed by atoms with Crippen molar-refractivity contribution in [2.24, 2.45) is 0 Å². The number of carbonyl (C=O) groups is 2. The molecule has 0 aliphatic rings. The zero-order chi connectivity index (χ0) is 16.2. The van der Waals surface area contributed by atoms with Gasteiger partial charge in [-0.3, -0.25) is 10.0 Å². The molecular formula is C16H23NO5. The van der Waals surface area contributed by atoms with E-state index in [4.69, 9.17) is 14.7 Å². The molecule has 1 amide bonds. The number of rotatable bonds is 11. The van der Waals surface area contributed by atoms with E-state index in [-0.39, 0.29) is 12.3 Å². The lowest BCUT2D eigenvalue weighted by Gasteiger charge is -2.12. The maximum atomic E-state index is 11.0. The highest BCUT2D eigenvalue weighted by molar-refractivity contribution is 5.74. The summed E-state index contributed by atoms with van der Waals surface area (Å²) in [5.74, 6) is 0.368. The maximum Gasteiger partial charge on any atom is 0.243 e. The van der Waals surface area contributed by atoms with Crippen molar-refractivity contribution in [2.75, 3.05) is 7.11 Å². The van der Waals surface area contributed by atoms with Crippen LogP contribution < -0.4 is 10.2 Å². The van der Waals surface area contributed by atoms with Crippen molar-refractivity contribution >= 4 is 12.2 Å². The Bertz CT molecular complexity index is 464. The summed E-state index contributed by atoms with van der Waals surface area (Å²) in [5.41, 5.74) is 2.54. The number of methoxy groups -OCH3 is 1. The number of nitrogens with one attached hydrogen (secondary N) is 1. The van der Waals surface area contributed by atoms with E-state index in [1.54, 1.807) is 12.6 Å². The van der Waals surface area contributed by atoms with E-state index in [2.05, 4.69) is 0 Å². The van der Waals surface area contributed by atoms with Crippen molar-refractivity contribution in [3.05, 3.63) is 29.8 Å². The molecule has 0 aliphatic heterocycles. The highest BCUT2D eigenvalue weighted by Gasteiger charge is 2.08. The molecule has 1 aromatic carbocycles. The quantitative estimate of drug-likeness (QED) is 0.283. The Morgan fingerprint density at radius 1 is 1.36 bits per heavy atom. The van der Waals surface area contributed by atoms with Crippen LogP contribution in [0, 0.1) is 0 Å². The molecule has 0 saturated heterocycles. The Labute approximate surface area is 130 Å². The van der Waals surface area contributed by atoms with Crippen LogP contribution in [0.1, 0.15) is 37.7 Å². The summed E-state index contributed by atoms with van der Waals surface area (Å²) >= 11 is 0. The Morgan fingerprint density at radius 3 is 2.86 bits per heavy atom. The monoisotopic (exact) mass is 309 g/mol. The largest absolute Gasteiger partial charge is 0.497 e. The second kappa shape index (κ2) is 10.8. The van der Waals surface area contributed by atoms with Gasteiger partial charge >= 0.3 is 0 Å². The predicted molar refractivity (Wildman–Crippen MR) is 80.6 cm³/mol. The molecular weight excluding hydrogens is 286 g/mol. The smallest absolute Gasteiger partial charge is 0.243 e. The Kier molecular flexibility index (Phi) is 8.86. The first-order valence-electron chi connectivity index (χ1n) is 7.32. The van der Waals surface area contributed by atoms with Crippen molar-refractivity contribution in [3.63, 3.8) is 0 Å². The lowest BCUT2D eigenvalue weighted by molar-refractivity contribution is -0.129. The van der Waals surface area contributed by atoms with Crippen LogP contribution in [-0.4, -0.2) is 30.6 Å². The summed E-state index contributed by atoms with van der Waals surface area (Å²) < 4.78 is 10.7. The van der Waals surface area contributed by atoms with E-state index in [1.807, 2.05) is 24.3 Å². The second-order valence-electron chi connectivity index (χ2n) is 4.97. The topological polar surface area (TPSA) is 84.9 Å². The van der Waals surface area contributed by atoms with Crippen LogP contribution >= 0.6 is 0 Å². The van der Waals surface area contributed by atoms with E-state index in [9.17, 15) is 9.59 Å². The number of ether oxygens (including phenoxy) is 2. The first-order valence-corrected chi connectivity index (χ1v) is 7.32. The van der Waals surface area contributed by atoms with Gasteiger partial charge in [0.1, 0.15) is 18.1 Å². The molecule has 1 atom stereocenters. The number of benzene rings is 1. The average Bonchev–Trinajstić information content (AvgIpc) is 2.57. The molecule has 0 heterocycles. The van der Waals surface area contributed by atoms with Gasteiger partial charge in [-0.1, -0.05) is 25.0 Å². The summed E-state index contributed by atoms with van der Waals surface area (Å²) in [4.78, 5) is 21.8. The van der Waals surface area contributed by atoms with Crippen LogP contribution in [0.2, 0.25) is 0 Å². The number of hydrogen-bond donors (Lipinski definition) is 2. The summed E-state index contributed by atoms with van der Waals surface area (Å²) in [6.45, 7) is 0.355. The van der Waals surface area contributed by atoms with Gasteiger partial charge in [-0.2, -0.15) is 0 Å². The maximum absolute atomic E-state index is 11.0. The van der Waals surface area contributed by atoms with Gasteiger partial charge in [0.2, 0.25) is 5.91 Å². The number of hydroxylamine groups is 1. The van der Waals surface area contributed by atoms with Crippen LogP contribution in [0.5, 0.6) is 5.75 Å². The van der Waals surface area contributed by atoms with Gasteiger partial charge in [0.25, 0.3) is 0 Å². The SMILES string of the molecule is COc1cccc(COC(C=O)CCCCCC(=O)NO)c1. The van der Waals surface area contributed by atoms with Crippen LogP contribution in [0.4, 0.5) is 0 Å². The van der Waals surface area contributed by atoms with E-state index < -0.39 is 6.10 Å². The Hall–Kier alpha value is -1.92. The molecule has 6 heteroatoms. The molecule has 0 aromatic heterocycles. The molecule has 1 aromatic rings. The second-order valence-corrected chi connectivity index (χ2v) is 4.97. The lowest BCUT2D eigenvalue weighted by atomic mass is 10.1. The molecule has 0 bridgehead atoms. The van der Waals surface area contributed by atoms with Gasteiger partial charge in [-0.25, -0.2) is 5.48 Å². The predicted octanol–water partition coefficient (Wildman–Crippen LogP) is 2.24. The van der Waals surface area contributed by atoms with E-state index in [0.717, 1.165) is 30.4 Å². The Balaban J connectivity index is 2.24. The molecule has 1 unspecified atom stereocenters. The molecule has 0 saturated carbocycles. The van der Waals surface area contributed by atoms with Crippen molar-refractivity contribution in [1.82, 2.24) is 5.48 Å². The van der Waals surface area contributed by atoms with Crippen molar-refractivity contribution in [1.29, 1.82) is 0 Å². The zero-order valence-electron chi connectivity index (χ0n) is 12.8. The van der Waals surface area contributed by atoms with E-state index >= 15 is 0 Å². The number of hydrogen-bond acceptors (Lipinski definition) is 5.